The van der Waals surface area contributed by atoms with Crippen molar-refractivity contribution >= 4 is 17.5 Å². The van der Waals surface area contributed by atoms with Gasteiger partial charge in [-0.05, 0) is 12.1 Å². The van der Waals surface area contributed by atoms with E-state index in [4.69, 9.17) is 4.52 Å². The lowest BCUT2D eigenvalue weighted by Crippen LogP contribution is -2.20. The summed E-state index contributed by atoms with van der Waals surface area (Å²) in [7, 11) is 0. The second-order valence-corrected chi connectivity index (χ2v) is 4.65. The van der Waals surface area contributed by atoms with Crippen molar-refractivity contribution in [3.63, 3.8) is 0 Å². The molecular formula is C16H11F2N3O2. The summed E-state index contributed by atoms with van der Waals surface area (Å²) in [5, 5.41) is 8.28. The molecule has 2 aromatic carbocycles. The van der Waals surface area contributed by atoms with E-state index in [2.05, 4.69) is 15.8 Å². The van der Waals surface area contributed by atoms with Gasteiger partial charge in [-0.2, -0.15) is 0 Å². The number of aromatic nitrogens is 1. The summed E-state index contributed by atoms with van der Waals surface area (Å²) in [5.74, 6) is -0.780. The van der Waals surface area contributed by atoms with Gasteiger partial charge >= 0.3 is 6.03 Å². The van der Waals surface area contributed by atoms with Crippen molar-refractivity contribution in [1.82, 2.24) is 5.16 Å². The number of rotatable bonds is 3. The molecule has 5 nitrogen and oxygen atoms in total. The lowest BCUT2D eigenvalue weighted by Gasteiger charge is -2.06. The minimum Gasteiger partial charge on any atom is -0.354 e. The summed E-state index contributed by atoms with van der Waals surface area (Å²) in [6, 6.07) is 12.7. The number of nitrogens with one attached hydrogen (secondary N) is 2. The van der Waals surface area contributed by atoms with Crippen molar-refractivity contribution in [1.29, 1.82) is 0 Å². The van der Waals surface area contributed by atoms with E-state index in [1.54, 1.807) is 0 Å². The van der Waals surface area contributed by atoms with Crippen LogP contribution in [-0.4, -0.2) is 11.2 Å². The summed E-state index contributed by atoms with van der Waals surface area (Å²) >= 11 is 0. The smallest absolute Gasteiger partial charge is 0.325 e. The Labute approximate surface area is 129 Å². The number of hydrogen-bond donors (Lipinski definition) is 2. The van der Waals surface area contributed by atoms with Crippen LogP contribution in [0.25, 0.3) is 11.3 Å². The quantitative estimate of drug-likeness (QED) is 0.758. The first-order chi connectivity index (χ1) is 11.1. The number of carbonyl (C=O) groups excluding carboxylic acids is 1. The van der Waals surface area contributed by atoms with Crippen molar-refractivity contribution in [3.8, 4) is 11.3 Å². The normalized spacial score (nSPS) is 10.3. The zero-order valence-corrected chi connectivity index (χ0v) is 11.7. The Bertz CT molecular complexity index is 834. The highest BCUT2D eigenvalue weighted by Gasteiger charge is 2.11. The van der Waals surface area contributed by atoms with E-state index in [1.165, 1.54) is 6.07 Å². The molecule has 0 aliphatic rings. The number of carbonyl (C=O) groups is 1. The minimum absolute atomic E-state index is 0.151. The molecule has 0 saturated carbocycles. The fourth-order valence-corrected chi connectivity index (χ4v) is 1.94. The molecule has 1 heterocycles. The molecule has 0 bridgehead atoms. The van der Waals surface area contributed by atoms with Crippen LogP contribution >= 0.6 is 0 Å². The van der Waals surface area contributed by atoms with Crippen molar-refractivity contribution < 1.29 is 18.1 Å². The van der Waals surface area contributed by atoms with Crippen LogP contribution in [0.15, 0.2) is 59.1 Å². The summed E-state index contributed by atoms with van der Waals surface area (Å²) in [6.07, 6.45) is 0. The van der Waals surface area contributed by atoms with Crippen molar-refractivity contribution in [2.45, 2.75) is 0 Å². The monoisotopic (exact) mass is 315 g/mol. The minimum atomic E-state index is -0.762. The summed E-state index contributed by atoms with van der Waals surface area (Å²) in [5.41, 5.74) is 0.527. The lowest BCUT2D eigenvalue weighted by molar-refractivity contribution is 0.262. The van der Waals surface area contributed by atoms with Gasteiger partial charge in [-0.25, -0.2) is 13.6 Å². The predicted octanol–water partition coefficient (Wildman–Crippen LogP) is 4.26. The third kappa shape index (κ3) is 3.52. The van der Waals surface area contributed by atoms with Crippen LogP contribution in [0.3, 0.4) is 0 Å². The molecule has 2 N–H and O–H groups in total. The van der Waals surface area contributed by atoms with Crippen LogP contribution in [0.2, 0.25) is 0 Å². The zero-order chi connectivity index (χ0) is 16.2. The lowest BCUT2D eigenvalue weighted by atomic mass is 10.2. The van der Waals surface area contributed by atoms with Gasteiger partial charge in [0.1, 0.15) is 11.6 Å². The number of benzene rings is 2. The van der Waals surface area contributed by atoms with Gasteiger partial charge in [-0.3, -0.25) is 5.32 Å². The second-order valence-electron chi connectivity index (χ2n) is 4.65. The SMILES string of the molecule is O=C(Nc1cc(-c2ccccc2)on1)Nc1cc(F)ccc1F. The van der Waals surface area contributed by atoms with Crippen molar-refractivity contribution in [2.24, 2.45) is 0 Å². The number of anilines is 2. The molecule has 3 aromatic rings. The van der Waals surface area contributed by atoms with E-state index in [0.717, 1.165) is 23.8 Å². The standard InChI is InChI=1S/C16H11F2N3O2/c17-11-6-7-12(18)13(8-11)19-16(22)20-15-9-14(23-21-15)10-4-2-1-3-5-10/h1-9H,(H2,19,20,21,22). The van der Waals surface area contributed by atoms with E-state index in [1.807, 2.05) is 30.3 Å². The Morgan fingerprint density at radius 3 is 2.57 bits per heavy atom. The number of urea groups is 1. The molecule has 0 unspecified atom stereocenters. The molecule has 0 aliphatic carbocycles. The third-order valence-electron chi connectivity index (χ3n) is 2.99. The number of amides is 2. The van der Waals surface area contributed by atoms with Crippen molar-refractivity contribution in [2.75, 3.05) is 10.6 Å². The summed E-state index contributed by atoms with van der Waals surface area (Å²) < 4.78 is 31.6. The maximum atomic E-state index is 13.5. The molecular weight excluding hydrogens is 304 g/mol. The van der Waals surface area contributed by atoms with Gasteiger partial charge in [0, 0.05) is 17.7 Å². The molecule has 116 valence electrons. The van der Waals surface area contributed by atoms with Crippen LogP contribution in [0.5, 0.6) is 0 Å². The Kier molecular flexibility index (Phi) is 4.01. The first kappa shape index (κ1) is 14.7. The molecule has 3 rings (SSSR count). The Balaban J connectivity index is 1.69. The Morgan fingerprint density at radius 2 is 1.78 bits per heavy atom. The first-order valence-electron chi connectivity index (χ1n) is 6.67. The molecule has 0 aliphatic heterocycles. The predicted molar refractivity (Wildman–Crippen MR) is 80.9 cm³/mol. The maximum Gasteiger partial charge on any atom is 0.325 e. The molecule has 0 spiro atoms. The molecule has 23 heavy (non-hydrogen) atoms. The van der Waals surface area contributed by atoms with Crippen LogP contribution in [-0.2, 0) is 0 Å². The third-order valence-corrected chi connectivity index (χ3v) is 2.99. The van der Waals surface area contributed by atoms with Gasteiger partial charge < -0.3 is 9.84 Å². The van der Waals surface area contributed by atoms with Gasteiger partial charge in [0.05, 0.1) is 5.69 Å². The van der Waals surface area contributed by atoms with Gasteiger partial charge in [-0.1, -0.05) is 35.5 Å². The second kappa shape index (κ2) is 6.27. The van der Waals surface area contributed by atoms with Crippen LogP contribution in [0.4, 0.5) is 25.1 Å². The van der Waals surface area contributed by atoms with Crippen LogP contribution in [0, 0.1) is 11.6 Å². The fraction of sp³-hybridized carbons (Fsp3) is 0. The zero-order valence-electron chi connectivity index (χ0n) is 11.7. The maximum absolute atomic E-state index is 13.5. The molecule has 0 atom stereocenters. The Morgan fingerprint density at radius 1 is 1.00 bits per heavy atom. The van der Waals surface area contributed by atoms with Gasteiger partial charge in [0.25, 0.3) is 0 Å². The average molecular weight is 315 g/mol. The molecule has 7 heteroatoms. The largest absolute Gasteiger partial charge is 0.354 e. The highest BCUT2D eigenvalue weighted by molar-refractivity contribution is 5.99. The highest BCUT2D eigenvalue weighted by atomic mass is 19.1. The fourth-order valence-electron chi connectivity index (χ4n) is 1.94. The van der Waals surface area contributed by atoms with E-state index >= 15 is 0 Å². The van der Waals surface area contributed by atoms with E-state index in [0.29, 0.717) is 5.76 Å². The van der Waals surface area contributed by atoms with E-state index in [-0.39, 0.29) is 11.5 Å². The van der Waals surface area contributed by atoms with E-state index < -0.39 is 17.7 Å². The molecule has 1 aromatic heterocycles. The number of hydrogen-bond acceptors (Lipinski definition) is 3. The van der Waals surface area contributed by atoms with Gasteiger partial charge in [-0.15, -0.1) is 0 Å². The highest BCUT2D eigenvalue weighted by Crippen LogP contribution is 2.22. The topological polar surface area (TPSA) is 67.2 Å². The summed E-state index contributed by atoms with van der Waals surface area (Å²) in [4.78, 5) is 11.8. The van der Waals surface area contributed by atoms with Crippen LogP contribution in [0.1, 0.15) is 0 Å². The molecule has 2 amide bonds. The van der Waals surface area contributed by atoms with Crippen molar-refractivity contribution in [3.05, 3.63) is 66.2 Å². The molecule has 0 radical (unpaired) electrons. The van der Waals surface area contributed by atoms with Gasteiger partial charge in [0.2, 0.25) is 0 Å². The van der Waals surface area contributed by atoms with Crippen LogP contribution < -0.4 is 10.6 Å². The first-order valence-corrected chi connectivity index (χ1v) is 6.67. The molecule has 0 fully saturated rings. The Hall–Kier alpha value is -3.22. The van der Waals surface area contributed by atoms with E-state index in [9.17, 15) is 13.6 Å². The number of nitrogens with zero attached hydrogens (tertiary/aromatic N) is 1. The average Bonchev–Trinajstić information content (AvgIpc) is 3.00. The number of halogens is 2. The molecule has 0 saturated heterocycles. The van der Waals surface area contributed by atoms with Gasteiger partial charge in [0.15, 0.2) is 11.6 Å². The summed E-state index contributed by atoms with van der Waals surface area (Å²) in [6.45, 7) is 0.